The van der Waals surface area contributed by atoms with Crippen molar-refractivity contribution < 1.29 is 42.1 Å². The topological polar surface area (TPSA) is 108 Å². The first-order chi connectivity index (χ1) is 33.0. The quantitative estimate of drug-likeness (QED) is 0.0211. The third-order valence-electron chi connectivity index (χ3n) is 11.1. The summed E-state index contributed by atoms with van der Waals surface area (Å²) in [5.41, 5.74) is 0. The number of phosphoric ester groups is 1. The van der Waals surface area contributed by atoms with Crippen LogP contribution in [0, 0.1) is 0 Å². The first kappa shape index (κ1) is 64.9. The van der Waals surface area contributed by atoms with Crippen LogP contribution in [0.15, 0.2) is 97.2 Å². The van der Waals surface area contributed by atoms with E-state index in [1.54, 1.807) is 0 Å². The lowest BCUT2D eigenvalue weighted by molar-refractivity contribution is -0.870. The molecule has 0 radical (unpaired) electrons. The van der Waals surface area contributed by atoms with Gasteiger partial charge in [0.05, 0.1) is 27.7 Å². The molecule has 2 unspecified atom stereocenters. The van der Waals surface area contributed by atoms with Crippen molar-refractivity contribution in [1.29, 1.82) is 0 Å². The van der Waals surface area contributed by atoms with E-state index in [1.165, 1.54) is 64.2 Å². The van der Waals surface area contributed by atoms with Crippen molar-refractivity contribution in [3.63, 3.8) is 0 Å². The highest BCUT2D eigenvalue weighted by Crippen LogP contribution is 2.43. The summed E-state index contributed by atoms with van der Waals surface area (Å²) in [4.78, 5) is 35.6. The van der Waals surface area contributed by atoms with Gasteiger partial charge in [-0.1, -0.05) is 201 Å². The monoisotopic (exact) mass is 971 g/mol. The van der Waals surface area contributed by atoms with E-state index < -0.39 is 26.5 Å². The van der Waals surface area contributed by atoms with Gasteiger partial charge in [0.2, 0.25) is 0 Å². The van der Waals surface area contributed by atoms with E-state index in [2.05, 4.69) is 111 Å². The molecule has 1 N–H and O–H groups in total. The van der Waals surface area contributed by atoms with E-state index in [4.69, 9.17) is 18.5 Å². The van der Waals surface area contributed by atoms with Crippen LogP contribution in [0.25, 0.3) is 0 Å². The highest BCUT2D eigenvalue weighted by Gasteiger charge is 2.27. The predicted molar refractivity (Wildman–Crippen MR) is 288 cm³/mol. The van der Waals surface area contributed by atoms with Crippen molar-refractivity contribution in [2.45, 2.75) is 213 Å². The number of ether oxygens (including phenoxy) is 2. The molecule has 0 saturated heterocycles. The average Bonchev–Trinajstić information content (AvgIpc) is 3.30. The third-order valence-corrected chi connectivity index (χ3v) is 12.1. The van der Waals surface area contributed by atoms with E-state index in [9.17, 15) is 19.0 Å². The molecule has 0 aromatic rings. The zero-order chi connectivity index (χ0) is 49.9. The van der Waals surface area contributed by atoms with Crippen LogP contribution in [-0.2, 0) is 32.7 Å². The van der Waals surface area contributed by atoms with Crippen LogP contribution in [0.3, 0.4) is 0 Å². The number of allylic oxidation sites excluding steroid dienone is 16. The first-order valence-corrected chi connectivity index (χ1v) is 28.5. The van der Waals surface area contributed by atoms with Crippen LogP contribution in [0.2, 0.25) is 0 Å². The highest BCUT2D eigenvalue weighted by molar-refractivity contribution is 7.47. The Bertz CT molecular complexity index is 1470. The number of carbonyl (C=O) groups is 2. The molecule has 0 amide bonds. The Morgan fingerprint density at radius 1 is 0.456 bits per heavy atom. The molecule has 10 heteroatoms. The summed E-state index contributed by atoms with van der Waals surface area (Å²) in [5, 5.41) is 0. The number of esters is 2. The maximum Gasteiger partial charge on any atom is 0.472 e. The van der Waals surface area contributed by atoms with Crippen molar-refractivity contribution in [2.24, 2.45) is 0 Å². The largest absolute Gasteiger partial charge is 0.472 e. The number of quaternary nitrogens is 1. The number of phosphoric acid groups is 1. The zero-order valence-corrected chi connectivity index (χ0v) is 45.0. The van der Waals surface area contributed by atoms with Crippen molar-refractivity contribution in [1.82, 2.24) is 0 Å². The van der Waals surface area contributed by atoms with Crippen LogP contribution < -0.4 is 0 Å². The minimum absolute atomic E-state index is 0.0242. The molecule has 0 bridgehead atoms. The average molecular weight is 971 g/mol. The fourth-order valence-electron chi connectivity index (χ4n) is 7.00. The molecule has 390 valence electrons. The second kappa shape index (κ2) is 48.9. The van der Waals surface area contributed by atoms with E-state index in [0.29, 0.717) is 23.9 Å². The molecule has 9 nitrogen and oxygen atoms in total. The Morgan fingerprint density at radius 3 is 1.18 bits per heavy atom. The van der Waals surface area contributed by atoms with Crippen LogP contribution in [-0.4, -0.2) is 74.9 Å². The number of hydrogen-bond acceptors (Lipinski definition) is 7. The Balaban J connectivity index is 4.18. The number of unbranched alkanes of at least 4 members (excludes halogenated alkanes) is 18. The molecule has 0 aliphatic heterocycles. The fourth-order valence-corrected chi connectivity index (χ4v) is 7.74. The van der Waals surface area contributed by atoms with E-state index >= 15 is 0 Å². The van der Waals surface area contributed by atoms with Gasteiger partial charge in [0.1, 0.15) is 19.8 Å². The summed E-state index contributed by atoms with van der Waals surface area (Å²) in [6.45, 7) is 4.18. The van der Waals surface area contributed by atoms with Gasteiger partial charge >= 0.3 is 19.8 Å². The molecule has 0 aromatic carbocycles. The van der Waals surface area contributed by atoms with Gasteiger partial charge in [-0.3, -0.25) is 18.6 Å². The molecular formula is C58H101NO8P+. The Labute approximate surface area is 417 Å². The second-order valence-corrected chi connectivity index (χ2v) is 20.3. The molecule has 68 heavy (non-hydrogen) atoms. The van der Waals surface area contributed by atoms with Crippen LogP contribution in [0.4, 0.5) is 0 Å². The lowest BCUT2D eigenvalue weighted by atomic mass is 10.0. The molecule has 0 rings (SSSR count). The summed E-state index contributed by atoms with van der Waals surface area (Å²) in [6.07, 6.45) is 66.1. The summed E-state index contributed by atoms with van der Waals surface area (Å²) >= 11 is 0. The zero-order valence-electron chi connectivity index (χ0n) is 44.1. The Morgan fingerprint density at radius 2 is 0.794 bits per heavy atom. The number of hydrogen-bond donors (Lipinski definition) is 1. The van der Waals surface area contributed by atoms with Crippen molar-refractivity contribution >= 4 is 19.8 Å². The van der Waals surface area contributed by atoms with E-state index in [0.717, 1.165) is 103 Å². The molecule has 2 atom stereocenters. The maximum atomic E-state index is 12.8. The predicted octanol–water partition coefficient (Wildman–Crippen LogP) is 16.5. The molecule has 0 fully saturated rings. The number of likely N-dealkylation sites (N-methyl/N-ethyl adjacent to an activating group) is 1. The van der Waals surface area contributed by atoms with Crippen molar-refractivity contribution in [2.75, 3.05) is 47.5 Å². The van der Waals surface area contributed by atoms with Gasteiger partial charge in [-0.05, 0) is 89.9 Å². The van der Waals surface area contributed by atoms with Crippen LogP contribution in [0.5, 0.6) is 0 Å². The number of carbonyl (C=O) groups excluding carboxylic acids is 2. The van der Waals surface area contributed by atoms with Crippen molar-refractivity contribution in [3.8, 4) is 0 Å². The van der Waals surface area contributed by atoms with Crippen molar-refractivity contribution in [3.05, 3.63) is 97.2 Å². The third kappa shape index (κ3) is 52.3. The maximum absolute atomic E-state index is 12.8. The smallest absolute Gasteiger partial charge is 0.462 e. The lowest BCUT2D eigenvalue weighted by Crippen LogP contribution is -2.37. The van der Waals surface area contributed by atoms with Crippen LogP contribution in [0.1, 0.15) is 206 Å². The van der Waals surface area contributed by atoms with Gasteiger partial charge in [0.15, 0.2) is 6.10 Å². The summed E-state index contributed by atoms with van der Waals surface area (Å²) in [5.74, 6) is -0.823. The second-order valence-electron chi connectivity index (χ2n) is 18.8. The Hall–Kier alpha value is -3.07. The number of rotatable bonds is 48. The van der Waals surface area contributed by atoms with Gasteiger partial charge < -0.3 is 18.9 Å². The van der Waals surface area contributed by atoms with Gasteiger partial charge in [-0.2, -0.15) is 0 Å². The molecule has 0 aliphatic rings. The van der Waals surface area contributed by atoms with E-state index in [-0.39, 0.29) is 32.0 Å². The van der Waals surface area contributed by atoms with Gasteiger partial charge in [0, 0.05) is 12.8 Å². The highest BCUT2D eigenvalue weighted by atomic mass is 31.2. The summed E-state index contributed by atoms with van der Waals surface area (Å²) < 4.78 is 34.5. The van der Waals surface area contributed by atoms with Gasteiger partial charge in [0.25, 0.3) is 0 Å². The summed E-state index contributed by atoms with van der Waals surface area (Å²) in [7, 11) is 1.45. The molecule has 0 spiro atoms. The first-order valence-electron chi connectivity index (χ1n) is 27.0. The van der Waals surface area contributed by atoms with Gasteiger partial charge in [-0.25, -0.2) is 4.57 Å². The lowest BCUT2D eigenvalue weighted by Gasteiger charge is -2.24. The number of nitrogens with zero attached hydrogens (tertiary/aromatic N) is 1. The molecule has 0 aromatic heterocycles. The standard InChI is InChI=1S/C58H100NO8P/c1-6-8-10-12-14-16-18-20-22-23-24-25-26-27-28-29-30-31-32-33-34-35-37-39-41-43-45-47-49-51-58(61)67-56(55-66-68(62,63)65-53-52-59(3,4)5)54-64-57(60)50-48-46-44-42-40-38-36-21-19-17-15-13-11-9-7-2/h8-11,14-17,20-22,24-25,27-28,36,56H,6-7,12-13,18-19,23,26,29-35,37-55H2,1-5H3/p+1/b10-8-,11-9-,16-14-,17-15-,22-20-,25-24-,28-27-,36-21-. The summed E-state index contributed by atoms with van der Waals surface area (Å²) in [6, 6.07) is 0. The minimum Gasteiger partial charge on any atom is -0.462 e. The normalized spacial score (nSPS) is 14.1. The molecule has 0 aliphatic carbocycles. The SMILES string of the molecule is CC/C=C\C/C=C\C/C=C\C/C=C\C/C=C\CCCCCCCCCCCCCCCC(=O)OC(COC(=O)CCCCCCC/C=C\C/C=C\C/C=C\CC)COP(=O)(O)OCC[N+](C)(C)C. The minimum atomic E-state index is -4.39. The molecular weight excluding hydrogens is 870 g/mol. The Kier molecular flexibility index (Phi) is 46.7. The molecule has 0 heterocycles. The fraction of sp³-hybridized carbons (Fsp3) is 0.690. The van der Waals surface area contributed by atoms with Crippen LogP contribution >= 0.6 is 7.82 Å². The van der Waals surface area contributed by atoms with Gasteiger partial charge in [-0.15, -0.1) is 0 Å². The van der Waals surface area contributed by atoms with E-state index in [1.807, 2.05) is 21.1 Å². The molecule has 0 saturated carbocycles.